The number of ether oxygens (including phenoxy) is 1. The molecule has 0 aliphatic rings. The molecule has 0 aliphatic carbocycles. The number of benzene rings is 2. The van der Waals surface area contributed by atoms with E-state index in [4.69, 9.17) is 9.84 Å². The van der Waals surface area contributed by atoms with Crippen LogP contribution in [-0.4, -0.2) is 29.4 Å². The maximum Gasteiger partial charge on any atom is 0.271 e. The van der Waals surface area contributed by atoms with Crippen molar-refractivity contribution in [3.8, 4) is 17.2 Å². The number of phenols is 2. The van der Waals surface area contributed by atoms with Crippen molar-refractivity contribution in [2.24, 2.45) is 5.10 Å². The number of carbonyl (C=O) groups excluding carboxylic acids is 1. The number of phenolic OH excluding ortho intramolecular Hbond substituents is 2. The minimum absolute atomic E-state index is 0.0401. The maximum absolute atomic E-state index is 11.9. The largest absolute Gasteiger partial charge is 0.508 e. The van der Waals surface area contributed by atoms with Crippen LogP contribution in [0.5, 0.6) is 17.2 Å². The van der Waals surface area contributed by atoms with Crippen LogP contribution in [0.4, 0.5) is 0 Å². The SMILES string of the molecule is COc1cc(C(=O)N/N=C/c2ccc(O)cc2)ccc1O. The first kappa shape index (κ1) is 14.4. The third-order valence-electron chi connectivity index (χ3n) is 2.71. The summed E-state index contributed by atoms with van der Waals surface area (Å²) in [7, 11) is 1.40. The maximum atomic E-state index is 11.9. The Morgan fingerprint density at radius 3 is 2.57 bits per heavy atom. The number of rotatable bonds is 4. The summed E-state index contributed by atoms with van der Waals surface area (Å²) in [6.07, 6.45) is 1.45. The first-order valence-corrected chi connectivity index (χ1v) is 6.09. The smallest absolute Gasteiger partial charge is 0.271 e. The lowest BCUT2D eigenvalue weighted by Crippen LogP contribution is -2.17. The van der Waals surface area contributed by atoms with Crippen LogP contribution in [0.25, 0.3) is 0 Å². The Hall–Kier alpha value is -3.02. The number of methoxy groups -OCH3 is 1. The summed E-state index contributed by atoms with van der Waals surface area (Å²) in [4.78, 5) is 11.9. The molecular weight excluding hydrogens is 272 g/mol. The molecule has 6 heteroatoms. The average molecular weight is 286 g/mol. The molecule has 0 bridgehead atoms. The fraction of sp³-hybridized carbons (Fsp3) is 0.0667. The summed E-state index contributed by atoms with van der Waals surface area (Å²) < 4.78 is 4.93. The zero-order chi connectivity index (χ0) is 15.2. The number of amides is 1. The second kappa shape index (κ2) is 6.42. The fourth-order valence-corrected chi connectivity index (χ4v) is 1.61. The number of hydrogen-bond acceptors (Lipinski definition) is 5. The highest BCUT2D eigenvalue weighted by molar-refractivity contribution is 5.95. The Labute approximate surface area is 121 Å². The highest BCUT2D eigenvalue weighted by Gasteiger charge is 2.08. The number of aromatic hydroxyl groups is 2. The topological polar surface area (TPSA) is 91.2 Å². The van der Waals surface area contributed by atoms with Gasteiger partial charge in [0.25, 0.3) is 5.91 Å². The number of carbonyl (C=O) groups is 1. The number of hydrazone groups is 1. The monoisotopic (exact) mass is 286 g/mol. The lowest BCUT2D eigenvalue weighted by molar-refractivity contribution is 0.0954. The minimum atomic E-state index is -0.427. The molecule has 0 heterocycles. The van der Waals surface area contributed by atoms with Crippen molar-refractivity contribution in [2.45, 2.75) is 0 Å². The van der Waals surface area contributed by atoms with Gasteiger partial charge in [0, 0.05) is 5.56 Å². The Kier molecular flexibility index (Phi) is 4.40. The fourth-order valence-electron chi connectivity index (χ4n) is 1.61. The molecule has 6 nitrogen and oxygen atoms in total. The molecule has 2 aromatic carbocycles. The van der Waals surface area contributed by atoms with Crippen molar-refractivity contribution in [1.82, 2.24) is 5.43 Å². The van der Waals surface area contributed by atoms with Crippen molar-refractivity contribution in [1.29, 1.82) is 0 Å². The minimum Gasteiger partial charge on any atom is -0.508 e. The average Bonchev–Trinajstić information content (AvgIpc) is 2.49. The van der Waals surface area contributed by atoms with E-state index in [-0.39, 0.29) is 17.2 Å². The van der Waals surface area contributed by atoms with Gasteiger partial charge in [-0.25, -0.2) is 5.43 Å². The zero-order valence-electron chi connectivity index (χ0n) is 11.3. The number of nitrogens with one attached hydrogen (secondary N) is 1. The third kappa shape index (κ3) is 3.73. The second-order valence-corrected chi connectivity index (χ2v) is 4.18. The third-order valence-corrected chi connectivity index (χ3v) is 2.71. The molecular formula is C15H14N2O4. The van der Waals surface area contributed by atoms with Crippen LogP contribution in [0.1, 0.15) is 15.9 Å². The van der Waals surface area contributed by atoms with Crippen molar-refractivity contribution < 1.29 is 19.7 Å². The molecule has 0 fully saturated rings. The zero-order valence-corrected chi connectivity index (χ0v) is 11.3. The molecule has 2 aromatic rings. The molecule has 0 saturated carbocycles. The van der Waals surface area contributed by atoms with Crippen molar-refractivity contribution in [3.05, 3.63) is 53.6 Å². The molecule has 1 amide bonds. The van der Waals surface area contributed by atoms with E-state index in [0.29, 0.717) is 5.56 Å². The van der Waals surface area contributed by atoms with E-state index in [1.807, 2.05) is 0 Å². The standard InChI is InChI=1S/C15H14N2O4/c1-21-14-8-11(4-7-13(14)19)15(20)17-16-9-10-2-5-12(18)6-3-10/h2-9,18-19H,1H3,(H,17,20)/b16-9+. The molecule has 3 N–H and O–H groups in total. The van der Waals surface area contributed by atoms with Gasteiger partial charge in [-0.15, -0.1) is 0 Å². The summed E-state index contributed by atoms with van der Waals surface area (Å²) in [6.45, 7) is 0. The van der Waals surface area contributed by atoms with Crippen LogP contribution < -0.4 is 10.2 Å². The molecule has 0 atom stereocenters. The van der Waals surface area contributed by atoms with Gasteiger partial charge in [-0.2, -0.15) is 5.10 Å². The van der Waals surface area contributed by atoms with Crippen molar-refractivity contribution in [2.75, 3.05) is 7.11 Å². The van der Waals surface area contributed by atoms with Crippen LogP contribution in [0.3, 0.4) is 0 Å². The van der Waals surface area contributed by atoms with E-state index >= 15 is 0 Å². The van der Waals surface area contributed by atoms with Gasteiger partial charge in [-0.1, -0.05) is 0 Å². The van der Waals surface area contributed by atoms with E-state index in [1.54, 1.807) is 12.1 Å². The van der Waals surface area contributed by atoms with Gasteiger partial charge < -0.3 is 14.9 Å². The lowest BCUT2D eigenvalue weighted by atomic mass is 10.2. The Morgan fingerprint density at radius 2 is 1.90 bits per heavy atom. The van der Waals surface area contributed by atoms with Gasteiger partial charge in [0.05, 0.1) is 13.3 Å². The quantitative estimate of drug-likeness (QED) is 0.591. The summed E-state index contributed by atoms with van der Waals surface area (Å²) in [5.74, 6) is -0.0949. The lowest BCUT2D eigenvalue weighted by Gasteiger charge is -2.05. The van der Waals surface area contributed by atoms with E-state index < -0.39 is 5.91 Å². The number of nitrogens with zero attached hydrogens (tertiary/aromatic N) is 1. The van der Waals surface area contributed by atoms with Gasteiger partial charge >= 0.3 is 0 Å². The summed E-state index contributed by atoms with van der Waals surface area (Å²) in [5.41, 5.74) is 3.41. The molecule has 108 valence electrons. The van der Waals surface area contributed by atoms with Crippen LogP contribution in [0.15, 0.2) is 47.6 Å². The summed E-state index contributed by atoms with van der Waals surface area (Å²) in [6, 6.07) is 10.6. The van der Waals surface area contributed by atoms with Crippen LogP contribution in [0.2, 0.25) is 0 Å². The first-order valence-electron chi connectivity index (χ1n) is 6.09. The Balaban J connectivity index is 2.03. The van der Waals surface area contributed by atoms with Crippen molar-refractivity contribution in [3.63, 3.8) is 0 Å². The highest BCUT2D eigenvalue weighted by Crippen LogP contribution is 2.26. The van der Waals surface area contributed by atoms with E-state index in [2.05, 4.69) is 10.5 Å². The molecule has 0 saturated heterocycles. The van der Waals surface area contributed by atoms with Gasteiger partial charge in [-0.05, 0) is 48.0 Å². The molecule has 0 aliphatic heterocycles. The summed E-state index contributed by atoms with van der Waals surface area (Å²) >= 11 is 0. The Bertz CT molecular complexity index is 666. The molecule has 0 unspecified atom stereocenters. The normalized spacial score (nSPS) is 10.5. The van der Waals surface area contributed by atoms with Gasteiger partial charge in [-0.3, -0.25) is 4.79 Å². The van der Waals surface area contributed by atoms with E-state index in [1.165, 1.54) is 43.7 Å². The Morgan fingerprint density at radius 1 is 1.19 bits per heavy atom. The summed E-state index contributed by atoms with van der Waals surface area (Å²) in [5, 5.41) is 22.4. The van der Waals surface area contributed by atoms with E-state index in [9.17, 15) is 9.90 Å². The molecule has 2 rings (SSSR count). The van der Waals surface area contributed by atoms with Crippen LogP contribution >= 0.6 is 0 Å². The number of hydrogen-bond donors (Lipinski definition) is 3. The van der Waals surface area contributed by atoms with Crippen molar-refractivity contribution >= 4 is 12.1 Å². The highest BCUT2D eigenvalue weighted by atomic mass is 16.5. The second-order valence-electron chi connectivity index (χ2n) is 4.18. The van der Waals surface area contributed by atoms with Crippen LogP contribution in [0, 0.1) is 0 Å². The van der Waals surface area contributed by atoms with Gasteiger partial charge in [0.1, 0.15) is 5.75 Å². The van der Waals surface area contributed by atoms with E-state index in [0.717, 1.165) is 5.56 Å². The predicted molar refractivity (Wildman–Crippen MR) is 77.8 cm³/mol. The molecule has 21 heavy (non-hydrogen) atoms. The molecule has 0 spiro atoms. The van der Waals surface area contributed by atoms with Gasteiger partial charge in [0.2, 0.25) is 0 Å². The molecule has 0 aromatic heterocycles. The molecule has 0 radical (unpaired) electrons. The first-order chi connectivity index (χ1) is 10.1. The van der Waals surface area contributed by atoms with Gasteiger partial charge in [0.15, 0.2) is 11.5 Å². The predicted octanol–water partition coefficient (Wildman–Crippen LogP) is 1.87. The van der Waals surface area contributed by atoms with Crippen LogP contribution in [-0.2, 0) is 0 Å².